The molecule has 0 fully saturated rings. The van der Waals surface area contributed by atoms with Gasteiger partial charge in [0.1, 0.15) is 24.2 Å². The molecule has 0 aliphatic rings. The fraction of sp³-hybridized carbons (Fsp3) is 0.326. The molecule has 0 aromatic heterocycles. The maximum atomic E-state index is 14.5. The van der Waals surface area contributed by atoms with Gasteiger partial charge in [-0.05, 0) is 84.1 Å². The van der Waals surface area contributed by atoms with Crippen LogP contribution in [0.2, 0.25) is 0 Å². The number of fused-ring (bicyclic) bond motifs is 2. The third-order valence-corrected chi connectivity index (χ3v) is 10.1. The molecular formula is C46H65N7O5. The zero-order chi connectivity index (χ0) is 41.3. The lowest BCUT2D eigenvalue weighted by molar-refractivity contribution is -0.134. The highest BCUT2D eigenvalue weighted by atomic mass is 16.2. The summed E-state index contributed by atoms with van der Waals surface area (Å²) in [6.45, 7) is 1.06. The predicted molar refractivity (Wildman–Crippen MR) is 239 cm³/mol. The Balaban J connectivity index is 0.00000769. The summed E-state index contributed by atoms with van der Waals surface area (Å²) < 4.78 is 0. The SMILES string of the molecule is CNCCCC(=O)NC(Cc1ccc2ccccc2c1)C(=O)N[C@H](Cc1ccc2ccccc2c1)C(=O)N[C@@H](Cc1ccccc1)C(=O)NC(CCCCN)C(N)=O.[HH].[HH].[HH].[HH].[HH]. The highest BCUT2D eigenvalue weighted by Crippen LogP contribution is 2.19. The molecule has 0 spiro atoms. The van der Waals surface area contributed by atoms with E-state index in [0.717, 1.165) is 38.2 Å². The summed E-state index contributed by atoms with van der Waals surface area (Å²) in [6, 6.07) is 32.4. The number of carbonyl (C=O) groups is 5. The van der Waals surface area contributed by atoms with Crippen molar-refractivity contribution in [3.8, 4) is 0 Å². The molecule has 5 amide bonds. The van der Waals surface area contributed by atoms with Gasteiger partial charge in [0, 0.05) is 32.8 Å². The molecule has 314 valence electrons. The molecule has 5 aromatic rings. The molecule has 0 radical (unpaired) electrons. The molecule has 9 N–H and O–H groups in total. The normalized spacial score (nSPS) is 13.2. The van der Waals surface area contributed by atoms with Gasteiger partial charge in [0.2, 0.25) is 29.5 Å². The summed E-state index contributed by atoms with van der Waals surface area (Å²) >= 11 is 0. The van der Waals surface area contributed by atoms with E-state index in [1.54, 1.807) is 0 Å². The zero-order valence-corrected chi connectivity index (χ0v) is 33.0. The summed E-state index contributed by atoms with van der Waals surface area (Å²) in [5.41, 5.74) is 13.7. The van der Waals surface area contributed by atoms with Gasteiger partial charge in [-0.3, -0.25) is 24.0 Å². The highest BCUT2D eigenvalue weighted by molar-refractivity contribution is 5.96. The van der Waals surface area contributed by atoms with Crippen LogP contribution < -0.4 is 38.1 Å². The van der Waals surface area contributed by atoms with Gasteiger partial charge in [0.15, 0.2) is 0 Å². The minimum Gasteiger partial charge on any atom is -0.368 e. The van der Waals surface area contributed by atoms with Crippen molar-refractivity contribution in [1.29, 1.82) is 0 Å². The van der Waals surface area contributed by atoms with Gasteiger partial charge >= 0.3 is 0 Å². The molecule has 0 saturated heterocycles. The Hall–Kier alpha value is -6.11. The second kappa shape index (κ2) is 22.0. The van der Waals surface area contributed by atoms with E-state index in [4.69, 9.17) is 11.5 Å². The van der Waals surface area contributed by atoms with Crippen LogP contribution in [-0.2, 0) is 43.2 Å². The first-order chi connectivity index (χ1) is 28.1. The van der Waals surface area contributed by atoms with Crippen LogP contribution in [0.15, 0.2) is 115 Å². The molecule has 0 heterocycles. The lowest BCUT2D eigenvalue weighted by Gasteiger charge is -2.27. The third kappa shape index (κ3) is 13.0. The molecule has 4 atom stereocenters. The van der Waals surface area contributed by atoms with Gasteiger partial charge in [-0.25, -0.2) is 0 Å². The predicted octanol–water partition coefficient (Wildman–Crippen LogP) is 4.80. The number of hydrogen-bond acceptors (Lipinski definition) is 7. The van der Waals surface area contributed by atoms with Crippen LogP contribution >= 0.6 is 0 Å². The van der Waals surface area contributed by atoms with Crippen LogP contribution in [-0.4, -0.2) is 73.8 Å². The van der Waals surface area contributed by atoms with Crippen LogP contribution in [0.25, 0.3) is 21.5 Å². The van der Waals surface area contributed by atoms with Crippen LogP contribution in [0, 0.1) is 0 Å². The van der Waals surface area contributed by atoms with E-state index in [-0.39, 0.29) is 38.7 Å². The number of nitrogens with two attached hydrogens (primary N) is 2. The summed E-state index contributed by atoms with van der Waals surface area (Å²) in [4.78, 5) is 68.4. The van der Waals surface area contributed by atoms with Gasteiger partial charge < -0.3 is 38.1 Å². The fourth-order valence-electron chi connectivity index (χ4n) is 6.97. The Morgan fingerprint density at radius 3 is 1.50 bits per heavy atom. The first-order valence-electron chi connectivity index (χ1n) is 20.0. The smallest absolute Gasteiger partial charge is 0.243 e. The molecule has 12 nitrogen and oxygen atoms in total. The summed E-state index contributed by atoms with van der Waals surface area (Å²) in [6.07, 6.45) is 2.68. The first-order valence-corrected chi connectivity index (χ1v) is 20.0. The zero-order valence-electron chi connectivity index (χ0n) is 33.0. The number of unbranched alkanes of at least 4 members (excludes halogenated alkanes) is 1. The quantitative estimate of drug-likeness (QED) is 0.0488. The average molecular weight is 796 g/mol. The van der Waals surface area contributed by atoms with E-state index >= 15 is 0 Å². The van der Waals surface area contributed by atoms with Crippen LogP contribution in [0.1, 0.15) is 55.9 Å². The van der Waals surface area contributed by atoms with Crippen molar-refractivity contribution in [1.82, 2.24) is 26.6 Å². The second-order valence-electron chi connectivity index (χ2n) is 14.7. The number of hydrogen-bond donors (Lipinski definition) is 7. The molecule has 0 bridgehead atoms. The largest absolute Gasteiger partial charge is 0.368 e. The van der Waals surface area contributed by atoms with E-state index < -0.39 is 47.8 Å². The summed E-state index contributed by atoms with van der Waals surface area (Å²) in [7, 11) is 1.81. The lowest BCUT2D eigenvalue weighted by Crippen LogP contribution is -2.59. The molecule has 0 aliphatic heterocycles. The van der Waals surface area contributed by atoms with Crippen molar-refractivity contribution in [2.75, 3.05) is 20.1 Å². The van der Waals surface area contributed by atoms with E-state index in [2.05, 4.69) is 26.6 Å². The summed E-state index contributed by atoms with van der Waals surface area (Å²) in [5.74, 6) is -2.73. The standard InChI is InChI=1S/C46H55N7O5.5H2/c1-49-25-11-19-42(54)50-39(29-32-20-22-34-14-5-7-16-36(34)26-32)44(56)53-41(30-33-21-23-35-15-6-8-17-37(35)27-33)46(58)52-40(28-31-12-3-2-4-13-31)45(57)51-38(43(48)55)18-9-10-24-47;;;;;/h2-8,12-17,20-23,26-27,38-41,49H,9-11,18-19,24-25,28-30,47H2,1H3,(H2,48,55)(H,50,54)(H,51,57)(H,52,58)(H,53,56);5*1H/t38?,39?,40-,41+;;;;;/m0...../s1. The van der Waals surface area contributed by atoms with E-state index in [1.807, 2.05) is 122 Å². The van der Waals surface area contributed by atoms with Crippen LogP contribution in [0.4, 0.5) is 0 Å². The summed E-state index contributed by atoms with van der Waals surface area (Å²) in [5, 5.41) is 18.6. The minimum atomic E-state index is -1.16. The van der Waals surface area contributed by atoms with Gasteiger partial charge in [-0.15, -0.1) is 0 Å². The number of rotatable bonds is 22. The molecule has 0 aliphatic carbocycles. The van der Waals surface area contributed by atoms with Gasteiger partial charge in [0.25, 0.3) is 0 Å². The van der Waals surface area contributed by atoms with E-state index in [1.165, 1.54) is 0 Å². The Kier molecular flexibility index (Phi) is 16.3. The molecule has 0 saturated carbocycles. The maximum Gasteiger partial charge on any atom is 0.243 e. The molecule has 2 unspecified atom stereocenters. The van der Waals surface area contributed by atoms with E-state index in [0.29, 0.717) is 38.8 Å². The second-order valence-corrected chi connectivity index (χ2v) is 14.7. The van der Waals surface area contributed by atoms with Crippen molar-refractivity contribution < 1.29 is 31.1 Å². The third-order valence-electron chi connectivity index (χ3n) is 10.1. The Morgan fingerprint density at radius 2 is 1.00 bits per heavy atom. The molecule has 5 rings (SSSR count). The van der Waals surface area contributed by atoms with Crippen molar-refractivity contribution in [3.63, 3.8) is 0 Å². The van der Waals surface area contributed by atoms with Gasteiger partial charge in [0.05, 0.1) is 0 Å². The number of carbonyl (C=O) groups excluding carboxylic acids is 5. The lowest BCUT2D eigenvalue weighted by atomic mass is 9.98. The van der Waals surface area contributed by atoms with Crippen LogP contribution in [0.3, 0.4) is 0 Å². The Bertz CT molecular complexity index is 2190. The average Bonchev–Trinajstić information content (AvgIpc) is 3.22. The van der Waals surface area contributed by atoms with Gasteiger partial charge in [-0.2, -0.15) is 0 Å². The molecule has 58 heavy (non-hydrogen) atoms. The van der Waals surface area contributed by atoms with Crippen molar-refractivity contribution in [2.24, 2.45) is 11.5 Å². The van der Waals surface area contributed by atoms with Gasteiger partial charge in [-0.1, -0.05) is 115 Å². The van der Waals surface area contributed by atoms with Crippen molar-refractivity contribution >= 4 is 51.1 Å². The monoisotopic (exact) mass is 796 g/mol. The minimum absolute atomic E-state index is 0. The van der Waals surface area contributed by atoms with E-state index in [9.17, 15) is 24.0 Å². The van der Waals surface area contributed by atoms with Crippen molar-refractivity contribution in [3.05, 3.63) is 132 Å². The maximum absolute atomic E-state index is 14.5. The number of primary amides is 1. The molecular weight excluding hydrogens is 731 g/mol. The topological polar surface area (TPSA) is 198 Å². The van der Waals surface area contributed by atoms with Crippen molar-refractivity contribution in [2.45, 2.75) is 75.5 Å². The molecule has 5 aromatic carbocycles. The number of amides is 5. The number of benzene rings is 5. The van der Waals surface area contributed by atoms with Crippen LogP contribution in [0.5, 0.6) is 0 Å². The first kappa shape index (κ1) is 43.0. The highest BCUT2D eigenvalue weighted by Gasteiger charge is 2.32. The Labute approximate surface area is 347 Å². The number of nitrogens with one attached hydrogen (secondary N) is 5. The molecule has 12 heteroatoms. The Morgan fingerprint density at radius 1 is 0.534 bits per heavy atom. The fourth-order valence-corrected chi connectivity index (χ4v) is 6.97.